The van der Waals surface area contributed by atoms with Crippen molar-refractivity contribution in [2.45, 2.75) is 19.9 Å². The van der Waals surface area contributed by atoms with Gasteiger partial charge < -0.3 is 20.1 Å². The topological polar surface area (TPSA) is 76.7 Å². The van der Waals surface area contributed by atoms with Gasteiger partial charge in [-0.1, -0.05) is 29.8 Å². The lowest BCUT2D eigenvalue weighted by atomic mass is 9.95. The molecule has 23 heavy (non-hydrogen) atoms. The minimum absolute atomic E-state index is 0.145. The van der Waals surface area contributed by atoms with Crippen LogP contribution in [0, 0.1) is 0 Å². The monoisotopic (exact) mass is 338 g/mol. The number of halogens is 1. The smallest absolute Gasteiger partial charge is 0.338 e. The second-order valence-corrected chi connectivity index (χ2v) is 5.33. The molecule has 1 heterocycles. The Bertz CT molecular complexity index is 630. The van der Waals surface area contributed by atoms with Crippen molar-refractivity contribution in [1.82, 2.24) is 10.6 Å². The summed E-state index contributed by atoms with van der Waals surface area (Å²) in [7, 11) is 0. The Labute approximate surface area is 139 Å². The van der Waals surface area contributed by atoms with E-state index in [1.165, 1.54) is 0 Å². The second kappa shape index (κ2) is 7.99. The molecule has 7 heteroatoms. The lowest BCUT2D eigenvalue weighted by Crippen LogP contribution is -2.45. The van der Waals surface area contributed by atoms with Crippen LogP contribution in [-0.2, 0) is 14.3 Å². The van der Waals surface area contributed by atoms with Crippen LogP contribution in [0.2, 0.25) is 5.02 Å². The number of urea groups is 1. The summed E-state index contributed by atoms with van der Waals surface area (Å²) in [6, 6.07) is 6.00. The van der Waals surface area contributed by atoms with Crippen molar-refractivity contribution in [1.29, 1.82) is 0 Å². The molecule has 1 aromatic carbocycles. The van der Waals surface area contributed by atoms with Crippen molar-refractivity contribution in [3.63, 3.8) is 0 Å². The molecule has 0 aliphatic carbocycles. The van der Waals surface area contributed by atoms with Crippen LogP contribution in [0.25, 0.3) is 0 Å². The average Bonchev–Trinajstić information content (AvgIpc) is 2.51. The highest BCUT2D eigenvalue weighted by Crippen LogP contribution is 2.31. The number of hydrogen-bond donors (Lipinski definition) is 2. The molecule has 0 bridgehead atoms. The van der Waals surface area contributed by atoms with Gasteiger partial charge >= 0.3 is 12.0 Å². The van der Waals surface area contributed by atoms with Gasteiger partial charge in [-0.05, 0) is 25.5 Å². The Morgan fingerprint density at radius 1 is 1.30 bits per heavy atom. The Morgan fingerprint density at radius 2 is 2.04 bits per heavy atom. The number of carbonyl (C=O) groups is 2. The van der Waals surface area contributed by atoms with Gasteiger partial charge in [0, 0.05) is 17.3 Å². The highest BCUT2D eigenvalue weighted by atomic mass is 35.5. The highest BCUT2D eigenvalue weighted by molar-refractivity contribution is 6.31. The van der Waals surface area contributed by atoms with Crippen LogP contribution in [-0.4, -0.2) is 31.8 Å². The van der Waals surface area contributed by atoms with Gasteiger partial charge in [0.05, 0.1) is 18.2 Å². The SMILES string of the molecule is CCOCCOC(=O)C1=C(C)NC(=O)N[C@@H]1c1ccccc1Cl. The van der Waals surface area contributed by atoms with E-state index in [1.807, 2.05) is 6.92 Å². The molecule has 2 N–H and O–H groups in total. The number of allylic oxidation sites excluding steroid dienone is 1. The maximum atomic E-state index is 12.4. The molecule has 124 valence electrons. The van der Waals surface area contributed by atoms with Crippen molar-refractivity contribution < 1.29 is 19.1 Å². The molecular weight excluding hydrogens is 320 g/mol. The van der Waals surface area contributed by atoms with Crippen LogP contribution in [0.3, 0.4) is 0 Å². The Balaban J connectivity index is 2.25. The minimum Gasteiger partial charge on any atom is -0.460 e. The first kappa shape index (κ1) is 17.3. The van der Waals surface area contributed by atoms with E-state index >= 15 is 0 Å². The third-order valence-corrected chi connectivity index (χ3v) is 3.71. The molecule has 0 fully saturated rings. The lowest BCUT2D eigenvalue weighted by molar-refractivity contribution is -0.141. The zero-order chi connectivity index (χ0) is 16.8. The first-order valence-electron chi connectivity index (χ1n) is 7.32. The van der Waals surface area contributed by atoms with Gasteiger partial charge in [-0.3, -0.25) is 0 Å². The third-order valence-electron chi connectivity index (χ3n) is 3.37. The molecule has 1 atom stereocenters. The van der Waals surface area contributed by atoms with Crippen molar-refractivity contribution >= 4 is 23.6 Å². The van der Waals surface area contributed by atoms with Crippen molar-refractivity contribution in [3.05, 3.63) is 46.1 Å². The molecule has 2 rings (SSSR count). The van der Waals surface area contributed by atoms with Gasteiger partial charge in [0.25, 0.3) is 0 Å². The zero-order valence-corrected chi connectivity index (χ0v) is 13.8. The average molecular weight is 339 g/mol. The molecule has 0 saturated carbocycles. The summed E-state index contributed by atoms with van der Waals surface area (Å²) >= 11 is 6.20. The predicted octanol–water partition coefficient (Wildman–Crippen LogP) is 2.55. The van der Waals surface area contributed by atoms with Crippen molar-refractivity contribution in [2.24, 2.45) is 0 Å². The fourth-order valence-corrected chi connectivity index (χ4v) is 2.57. The Kier molecular flexibility index (Phi) is 6.01. The summed E-state index contributed by atoms with van der Waals surface area (Å²) in [5.74, 6) is -0.514. The van der Waals surface area contributed by atoms with Crippen LogP contribution in [0.4, 0.5) is 4.79 Å². The summed E-state index contributed by atoms with van der Waals surface area (Å²) in [4.78, 5) is 24.2. The standard InChI is InChI=1S/C16H19ClN2O4/c1-3-22-8-9-23-15(20)13-10(2)18-16(21)19-14(13)11-6-4-5-7-12(11)17/h4-7,14H,3,8-9H2,1-2H3,(H2,18,19,21)/t14-/m1/s1. The maximum absolute atomic E-state index is 12.4. The minimum atomic E-state index is -0.656. The molecule has 6 nitrogen and oxygen atoms in total. The van der Waals surface area contributed by atoms with E-state index in [0.29, 0.717) is 35.1 Å². The maximum Gasteiger partial charge on any atom is 0.338 e. The summed E-state index contributed by atoms with van der Waals surface area (Å²) in [6.07, 6.45) is 0. The second-order valence-electron chi connectivity index (χ2n) is 4.92. The molecule has 1 aromatic rings. The number of benzene rings is 1. The quantitative estimate of drug-likeness (QED) is 0.617. The third kappa shape index (κ3) is 4.24. The molecule has 0 aromatic heterocycles. The van der Waals surface area contributed by atoms with Gasteiger partial charge in [0.2, 0.25) is 0 Å². The van der Waals surface area contributed by atoms with Crippen LogP contribution in [0.15, 0.2) is 35.5 Å². The number of amides is 2. The molecule has 0 saturated heterocycles. The van der Waals surface area contributed by atoms with Crippen LogP contribution >= 0.6 is 11.6 Å². The van der Waals surface area contributed by atoms with E-state index in [1.54, 1.807) is 31.2 Å². The summed E-state index contributed by atoms with van der Waals surface area (Å²) in [5.41, 5.74) is 1.41. The number of esters is 1. The number of nitrogens with one attached hydrogen (secondary N) is 2. The van der Waals surface area contributed by atoms with Gasteiger partial charge in [0.1, 0.15) is 6.61 Å². The molecule has 2 amide bonds. The molecule has 0 spiro atoms. The summed E-state index contributed by atoms with van der Waals surface area (Å²) < 4.78 is 10.4. The fourth-order valence-electron chi connectivity index (χ4n) is 2.32. The number of hydrogen-bond acceptors (Lipinski definition) is 4. The van der Waals surface area contributed by atoms with Crippen molar-refractivity contribution in [3.8, 4) is 0 Å². The number of rotatable bonds is 6. The van der Waals surface area contributed by atoms with E-state index in [-0.39, 0.29) is 6.61 Å². The van der Waals surface area contributed by atoms with Gasteiger partial charge in [0.15, 0.2) is 0 Å². The van der Waals surface area contributed by atoms with Gasteiger partial charge in [-0.15, -0.1) is 0 Å². The van der Waals surface area contributed by atoms with Gasteiger partial charge in [-0.25, -0.2) is 9.59 Å². The first-order chi connectivity index (χ1) is 11.0. The van der Waals surface area contributed by atoms with Crippen molar-refractivity contribution in [2.75, 3.05) is 19.8 Å². The largest absolute Gasteiger partial charge is 0.460 e. The first-order valence-corrected chi connectivity index (χ1v) is 7.70. The summed E-state index contributed by atoms with van der Waals surface area (Å²) in [5, 5.41) is 5.76. The van der Waals surface area contributed by atoms with E-state index in [0.717, 1.165) is 0 Å². The van der Waals surface area contributed by atoms with Crippen LogP contribution in [0.5, 0.6) is 0 Å². The van der Waals surface area contributed by atoms with E-state index < -0.39 is 18.0 Å². The molecule has 1 aliphatic heterocycles. The predicted molar refractivity (Wildman–Crippen MR) is 86.0 cm³/mol. The van der Waals surface area contributed by atoms with Gasteiger partial charge in [-0.2, -0.15) is 0 Å². The normalized spacial score (nSPS) is 17.5. The Hall–Kier alpha value is -2.05. The number of ether oxygens (including phenoxy) is 2. The molecular formula is C16H19ClN2O4. The Morgan fingerprint density at radius 3 is 2.74 bits per heavy atom. The van der Waals surface area contributed by atoms with E-state index in [2.05, 4.69) is 10.6 Å². The highest BCUT2D eigenvalue weighted by Gasteiger charge is 2.33. The lowest BCUT2D eigenvalue weighted by Gasteiger charge is -2.28. The van der Waals surface area contributed by atoms with Crippen LogP contribution in [0.1, 0.15) is 25.5 Å². The molecule has 1 aliphatic rings. The van der Waals surface area contributed by atoms with E-state index in [4.69, 9.17) is 21.1 Å². The summed E-state index contributed by atoms with van der Waals surface area (Å²) in [6.45, 7) is 4.54. The van der Waals surface area contributed by atoms with Crippen LogP contribution < -0.4 is 10.6 Å². The molecule has 0 radical (unpaired) electrons. The number of carbonyl (C=O) groups excluding carboxylic acids is 2. The van der Waals surface area contributed by atoms with E-state index in [9.17, 15) is 9.59 Å². The zero-order valence-electron chi connectivity index (χ0n) is 13.0. The fraction of sp³-hybridized carbons (Fsp3) is 0.375. The molecule has 0 unspecified atom stereocenters.